The standard InChI is InChI=1S/C17H19ClN2O3S/c1-17(2,3)16(21)19-14-5-4-6-15(11-14)24(22,23)20-13-9-7-12(18)8-10-13/h4-11,20H,1-3H3,(H,19,21). The lowest BCUT2D eigenvalue weighted by molar-refractivity contribution is -0.123. The predicted octanol–water partition coefficient (Wildman–Crippen LogP) is 4.13. The monoisotopic (exact) mass is 366 g/mol. The maximum atomic E-state index is 12.5. The van der Waals surface area contributed by atoms with Gasteiger partial charge in [-0.2, -0.15) is 0 Å². The second kappa shape index (κ2) is 6.83. The van der Waals surface area contributed by atoms with Crippen molar-refractivity contribution in [2.24, 2.45) is 5.41 Å². The van der Waals surface area contributed by atoms with Gasteiger partial charge in [0.2, 0.25) is 5.91 Å². The van der Waals surface area contributed by atoms with E-state index in [9.17, 15) is 13.2 Å². The highest BCUT2D eigenvalue weighted by Crippen LogP contribution is 2.22. The van der Waals surface area contributed by atoms with Gasteiger partial charge in [0.05, 0.1) is 4.90 Å². The maximum Gasteiger partial charge on any atom is 0.261 e. The van der Waals surface area contributed by atoms with Gasteiger partial charge in [-0.3, -0.25) is 9.52 Å². The Kier molecular flexibility index (Phi) is 5.20. The lowest BCUT2D eigenvalue weighted by Gasteiger charge is -2.18. The van der Waals surface area contributed by atoms with Crippen LogP contribution in [0, 0.1) is 5.41 Å². The molecule has 128 valence electrons. The van der Waals surface area contributed by atoms with Crippen molar-refractivity contribution >= 4 is 38.9 Å². The number of hydrogen-bond donors (Lipinski definition) is 2. The molecule has 0 aromatic heterocycles. The molecule has 0 aliphatic heterocycles. The van der Waals surface area contributed by atoms with E-state index in [0.29, 0.717) is 16.4 Å². The molecule has 0 saturated heterocycles. The van der Waals surface area contributed by atoms with Crippen LogP contribution in [0.4, 0.5) is 11.4 Å². The number of anilines is 2. The summed E-state index contributed by atoms with van der Waals surface area (Å²) in [6.45, 7) is 5.35. The Bertz CT molecular complexity index is 841. The predicted molar refractivity (Wildman–Crippen MR) is 96.8 cm³/mol. The highest BCUT2D eigenvalue weighted by molar-refractivity contribution is 7.92. The van der Waals surface area contributed by atoms with Crippen molar-refractivity contribution < 1.29 is 13.2 Å². The summed E-state index contributed by atoms with van der Waals surface area (Å²) < 4.78 is 27.4. The van der Waals surface area contributed by atoms with E-state index < -0.39 is 15.4 Å². The highest BCUT2D eigenvalue weighted by Gasteiger charge is 2.22. The molecule has 2 rings (SSSR count). The topological polar surface area (TPSA) is 75.3 Å². The molecule has 2 aromatic carbocycles. The fourth-order valence-electron chi connectivity index (χ4n) is 1.79. The van der Waals surface area contributed by atoms with Crippen LogP contribution in [-0.4, -0.2) is 14.3 Å². The molecule has 2 N–H and O–H groups in total. The van der Waals surface area contributed by atoms with Crippen LogP contribution in [0.15, 0.2) is 53.4 Å². The van der Waals surface area contributed by atoms with Crippen LogP contribution in [0.1, 0.15) is 20.8 Å². The zero-order chi connectivity index (χ0) is 18.0. The van der Waals surface area contributed by atoms with Crippen molar-refractivity contribution in [1.29, 1.82) is 0 Å². The SMILES string of the molecule is CC(C)(C)C(=O)Nc1cccc(S(=O)(=O)Nc2ccc(Cl)cc2)c1. The molecular formula is C17H19ClN2O3S. The third kappa shape index (κ3) is 4.72. The normalized spacial score (nSPS) is 11.8. The molecule has 0 aliphatic rings. The summed E-state index contributed by atoms with van der Waals surface area (Å²) in [6, 6.07) is 12.4. The summed E-state index contributed by atoms with van der Waals surface area (Å²) in [4.78, 5) is 12.1. The quantitative estimate of drug-likeness (QED) is 0.854. The first-order chi connectivity index (χ1) is 11.1. The van der Waals surface area contributed by atoms with Crippen LogP contribution in [0.5, 0.6) is 0 Å². The van der Waals surface area contributed by atoms with Crippen molar-refractivity contribution in [2.45, 2.75) is 25.7 Å². The first-order valence-corrected chi connectivity index (χ1v) is 9.14. The van der Waals surface area contributed by atoms with Crippen molar-refractivity contribution in [3.05, 3.63) is 53.6 Å². The third-order valence-electron chi connectivity index (χ3n) is 3.18. The molecule has 0 bridgehead atoms. The number of halogens is 1. The molecule has 1 amide bonds. The molecule has 0 heterocycles. The summed E-state index contributed by atoms with van der Waals surface area (Å²) in [5.41, 5.74) is 0.258. The number of nitrogens with one attached hydrogen (secondary N) is 2. The van der Waals surface area contributed by atoms with Gasteiger partial charge in [0.1, 0.15) is 0 Å². The average molecular weight is 367 g/mol. The Morgan fingerprint density at radius 3 is 2.21 bits per heavy atom. The number of carbonyl (C=O) groups excluding carboxylic acids is 1. The summed E-state index contributed by atoms with van der Waals surface area (Å²) in [5, 5.41) is 3.24. The fraction of sp³-hybridized carbons (Fsp3) is 0.235. The van der Waals surface area contributed by atoms with Crippen molar-refractivity contribution in [1.82, 2.24) is 0 Å². The van der Waals surface area contributed by atoms with Gasteiger partial charge in [-0.15, -0.1) is 0 Å². The first kappa shape index (κ1) is 18.3. The number of amides is 1. The zero-order valence-corrected chi connectivity index (χ0v) is 15.2. The number of carbonyl (C=O) groups is 1. The third-order valence-corrected chi connectivity index (χ3v) is 4.81. The summed E-state index contributed by atoms with van der Waals surface area (Å²) in [5.74, 6) is -0.192. The maximum absolute atomic E-state index is 12.5. The number of sulfonamides is 1. The van der Waals surface area contributed by atoms with E-state index >= 15 is 0 Å². The van der Waals surface area contributed by atoms with Gasteiger partial charge >= 0.3 is 0 Å². The molecule has 5 nitrogen and oxygen atoms in total. The minimum atomic E-state index is -3.76. The van der Waals surface area contributed by atoms with Gasteiger partial charge in [0, 0.05) is 21.8 Å². The van der Waals surface area contributed by atoms with Gasteiger partial charge in [-0.05, 0) is 42.5 Å². The lowest BCUT2D eigenvalue weighted by atomic mass is 9.95. The molecule has 24 heavy (non-hydrogen) atoms. The Balaban J connectivity index is 2.23. The summed E-state index contributed by atoms with van der Waals surface area (Å²) in [6.07, 6.45) is 0. The van der Waals surface area contributed by atoms with E-state index in [1.807, 2.05) is 0 Å². The van der Waals surface area contributed by atoms with Crippen LogP contribution >= 0.6 is 11.6 Å². The fourth-order valence-corrected chi connectivity index (χ4v) is 3.02. The number of rotatable bonds is 4. The molecule has 7 heteroatoms. The van der Waals surface area contributed by atoms with E-state index in [-0.39, 0.29) is 10.8 Å². The Labute approximate surface area is 147 Å². The zero-order valence-electron chi connectivity index (χ0n) is 13.6. The Hall–Kier alpha value is -2.05. The van der Waals surface area contributed by atoms with Crippen LogP contribution in [0.2, 0.25) is 5.02 Å². The van der Waals surface area contributed by atoms with Crippen molar-refractivity contribution in [3.63, 3.8) is 0 Å². The molecular weight excluding hydrogens is 348 g/mol. The van der Waals surface area contributed by atoms with Crippen LogP contribution in [0.3, 0.4) is 0 Å². The minimum absolute atomic E-state index is 0.0594. The molecule has 0 radical (unpaired) electrons. The molecule has 0 aliphatic carbocycles. The van der Waals surface area contributed by atoms with Gasteiger partial charge in [-0.1, -0.05) is 38.4 Å². The van der Waals surface area contributed by atoms with Crippen molar-refractivity contribution in [3.8, 4) is 0 Å². The van der Waals surface area contributed by atoms with Crippen molar-refractivity contribution in [2.75, 3.05) is 10.0 Å². The van der Waals surface area contributed by atoms with Gasteiger partial charge in [-0.25, -0.2) is 8.42 Å². The van der Waals surface area contributed by atoms with Crippen LogP contribution in [0.25, 0.3) is 0 Å². The van der Waals surface area contributed by atoms with E-state index in [2.05, 4.69) is 10.0 Å². The Morgan fingerprint density at radius 2 is 1.62 bits per heavy atom. The largest absolute Gasteiger partial charge is 0.326 e. The van der Waals surface area contributed by atoms with E-state index in [1.54, 1.807) is 57.2 Å². The smallest absolute Gasteiger partial charge is 0.261 e. The van der Waals surface area contributed by atoms with Crippen LogP contribution < -0.4 is 10.0 Å². The van der Waals surface area contributed by atoms with Gasteiger partial charge in [0.15, 0.2) is 0 Å². The van der Waals surface area contributed by atoms with Gasteiger partial charge in [0.25, 0.3) is 10.0 Å². The number of hydrogen-bond acceptors (Lipinski definition) is 3. The molecule has 0 atom stereocenters. The van der Waals surface area contributed by atoms with E-state index in [4.69, 9.17) is 11.6 Å². The average Bonchev–Trinajstić information content (AvgIpc) is 2.49. The Morgan fingerprint density at radius 1 is 1.00 bits per heavy atom. The summed E-state index contributed by atoms with van der Waals surface area (Å²) in [7, 11) is -3.76. The molecule has 0 spiro atoms. The summed E-state index contributed by atoms with van der Waals surface area (Å²) >= 11 is 5.79. The minimum Gasteiger partial charge on any atom is -0.326 e. The van der Waals surface area contributed by atoms with Crippen LogP contribution in [-0.2, 0) is 14.8 Å². The van der Waals surface area contributed by atoms with E-state index in [0.717, 1.165) is 0 Å². The van der Waals surface area contributed by atoms with Gasteiger partial charge < -0.3 is 5.32 Å². The number of benzene rings is 2. The molecule has 0 fully saturated rings. The molecule has 0 saturated carbocycles. The first-order valence-electron chi connectivity index (χ1n) is 7.28. The molecule has 0 unspecified atom stereocenters. The lowest BCUT2D eigenvalue weighted by Crippen LogP contribution is -2.27. The second-order valence-corrected chi connectivity index (χ2v) is 8.46. The second-order valence-electron chi connectivity index (χ2n) is 6.34. The highest BCUT2D eigenvalue weighted by atomic mass is 35.5. The van der Waals surface area contributed by atoms with E-state index in [1.165, 1.54) is 12.1 Å². The molecule has 2 aromatic rings.